The molecular formula is C26H29N5O3. The van der Waals surface area contributed by atoms with E-state index in [4.69, 9.17) is 0 Å². The third-order valence-corrected chi connectivity index (χ3v) is 7.23. The van der Waals surface area contributed by atoms with Crippen molar-refractivity contribution in [2.75, 3.05) is 31.7 Å². The van der Waals surface area contributed by atoms with Crippen LogP contribution in [0.1, 0.15) is 46.8 Å². The lowest BCUT2D eigenvalue weighted by Gasteiger charge is -2.38. The number of amides is 1. The molecule has 1 aromatic heterocycles. The summed E-state index contributed by atoms with van der Waals surface area (Å²) in [6.07, 6.45) is 10.3. The van der Waals surface area contributed by atoms with Gasteiger partial charge in [-0.1, -0.05) is 6.07 Å². The molecule has 3 aliphatic rings. The van der Waals surface area contributed by atoms with Crippen LogP contribution in [0.3, 0.4) is 0 Å². The summed E-state index contributed by atoms with van der Waals surface area (Å²) in [5.74, 6) is -0.943. The van der Waals surface area contributed by atoms with E-state index in [9.17, 15) is 14.7 Å². The highest BCUT2D eigenvalue weighted by Gasteiger charge is 2.31. The van der Waals surface area contributed by atoms with Gasteiger partial charge >= 0.3 is 5.97 Å². The number of pyridine rings is 1. The maximum absolute atomic E-state index is 13.4. The first-order valence-electron chi connectivity index (χ1n) is 11.8. The van der Waals surface area contributed by atoms with Gasteiger partial charge in [0, 0.05) is 62.2 Å². The summed E-state index contributed by atoms with van der Waals surface area (Å²) < 4.78 is 0. The summed E-state index contributed by atoms with van der Waals surface area (Å²) in [4.78, 5) is 39.3. The number of nitrogens with zero attached hydrogens (tertiary/aromatic N) is 5. The molecule has 176 valence electrons. The fourth-order valence-corrected chi connectivity index (χ4v) is 5.28. The molecular weight excluding hydrogens is 430 g/mol. The number of carbonyl (C=O) groups is 2. The van der Waals surface area contributed by atoms with Crippen LogP contribution >= 0.6 is 0 Å². The number of aliphatic carboxylic acids is 1. The summed E-state index contributed by atoms with van der Waals surface area (Å²) in [6, 6.07) is 10.3. The molecule has 1 amide bonds. The number of rotatable bonds is 5. The average Bonchev–Trinajstić information content (AvgIpc) is 3.32. The van der Waals surface area contributed by atoms with Gasteiger partial charge in [0.15, 0.2) is 0 Å². The topological polar surface area (TPSA) is 89.3 Å². The Morgan fingerprint density at radius 1 is 1.09 bits per heavy atom. The Morgan fingerprint density at radius 3 is 2.59 bits per heavy atom. The number of piperidine rings is 1. The van der Waals surface area contributed by atoms with E-state index in [1.165, 1.54) is 17.5 Å². The summed E-state index contributed by atoms with van der Waals surface area (Å²) in [5, 5.41) is 9.33. The van der Waals surface area contributed by atoms with Gasteiger partial charge in [0.1, 0.15) is 6.67 Å². The Balaban J connectivity index is 1.28. The van der Waals surface area contributed by atoms with Crippen LogP contribution in [0.4, 0.5) is 5.69 Å². The number of fused-ring (bicyclic) bond motifs is 1. The summed E-state index contributed by atoms with van der Waals surface area (Å²) in [6.45, 7) is 2.24. The van der Waals surface area contributed by atoms with E-state index < -0.39 is 5.97 Å². The van der Waals surface area contributed by atoms with Gasteiger partial charge < -0.3 is 19.8 Å². The molecule has 1 aromatic carbocycles. The van der Waals surface area contributed by atoms with Crippen LogP contribution in [-0.2, 0) is 11.2 Å². The van der Waals surface area contributed by atoms with E-state index >= 15 is 0 Å². The fraction of sp³-hybridized carbons (Fsp3) is 0.385. The predicted octanol–water partition coefficient (Wildman–Crippen LogP) is 3.12. The van der Waals surface area contributed by atoms with Crippen molar-refractivity contribution >= 4 is 23.8 Å². The molecule has 8 nitrogen and oxygen atoms in total. The Labute approximate surface area is 199 Å². The Kier molecular flexibility index (Phi) is 6.04. The molecule has 1 unspecified atom stereocenters. The van der Waals surface area contributed by atoms with Gasteiger partial charge in [-0.05, 0) is 61.1 Å². The third kappa shape index (κ3) is 4.27. The van der Waals surface area contributed by atoms with Crippen LogP contribution in [-0.4, -0.2) is 70.8 Å². The van der Waals surface area contributed by atoms with Crippen LogP contribution in [0.5, 0.6) is 0 Å². The molecule has 1 atom stereocenters. The van der Waals surface area contributed by atoms with E-state index in [0.29, 0.717) is 12.2 Å². The number of aryl methyl sites for hydroxylation is 1. The molecule has 2 aliphatic heterocycles. The second-order valence-electron chi connectivity index (χ2n) is 9.16. The number of benzene rings is 1. The molecule has 8 heteroatoms. The molecule has 1 saturated heterocycles. The Bertz CT molecular complexity index is 1140. The second-order valence-corrected chi connectivity index (χ2v) is 9.16. The molecule has 1 aliphatic carbocycles. The van der Waals surface area contributed by atoms with Crippen LogP contribution in [0, 0.1) is 0 Å². The maximum atomic E-state index is 13.4. The lowest BCUT2D eigenvalue weighted by atomic mass is 10.00. The van der Waals surface area contributed by atoms with Gasteiger partial charge in [-0.3, -0.25) is 14.8 Å². The van der Waals surface area contributed by atoms with Gasteiger partial charge in [-0.2, -0.15) is 0 Å². The molecule has 1 N–H and O–H groups in total. The molecule has 3 heterocycles. The van der Waals surface area contributed by atoms with Crippen molar-refractivity contribution in [2.24, 2.45) is 4.99 Å². The van der Waals surface area contributed by atoms with Crippen LogP contribution < -0.4 is 4.90 Å². The largest absolute Gasteiger partial charge is 0.478 e. The highest BCUT2D eigenvalue weighted by molar-refractivity contribution is 6.08. The predicted molar refractivity (Wildman–Crippen MR) is 130 cm³/mol. The average molecular weight is 460 g/mol. The lowest BCUT2D eigenvalue weighted by Crippen LogP contribution is -2.45. The number of hydrogen-bond acceptors (Lipinski definition) is 6. The molecule has 34 heavy (non-hydrogen) atoms. The zero-order valence-corrected chi connectivity index (χ0v) is 19.3. The zero-order valence-electron chi connectivity index (χ0n) is 19.3. The highest BCUT2D eigenvalue weighted by atomic mass is 16.4. The first-order chi connectivity index (χ1) is 16.5. The van der Waals surface area contributed by atoms with Gasteiger partial charge in [0.2, 0.25) is 0 Å². The standard InChI is InChI=1S/C26H29N5O3/c1-29(21-8-12-30(13-9-21)22-6-10-27-11-7-22)25(32)19-3-2-18-4-5-24(23(18)14-19)31-16-20(26(33)34)15-28-17-31/h2-3,6-7,10-11,14-16,21,24H,4-5,8-9,12-13,17H2,1H3,(H,33,34). The van der Waals surface area contributed by atoms with Gasteiger partial charge in [-0.15, -0.1) is 0 Å². The number of aromatic nitrogens is 1. The van der Waals surface area contributed by atoms with Crippen LogP contribution in [0.2, 0.25) is 0 Å². The Morgan fingerprint density at radius 2 is 1.85 bits per heavy atom. The van der Waals surface area contributed by atoms with E-state index in [0.717, 1.165) is 44.3 Å². The van der Waals surface area contributed by atoms with Crippen molar-refractivity contribution in [1.82, 2.24) is 14.8 Å². The fourth-order valence-electron chi connectivity index (χ4n) is 5.28. The third-order valence-electron chi connectivity index (χ3n) is 7.23. The van der Waals surface area contributed by atoms with Gasteiger partial charge in [-0.25, -0.2) is 4.79 Å². The quantitative estimate of drug-likeness (QED) is 0.739. The molecule has 1 fully saturated rings. The minimum atomic E-state index is -0.979. The number of hydrogen-bond donors (Lipinski definition) is 1. The van der Waals surface area contributed by atoms with Gasteiger partial charge in [0.05, 0.1) is 11.6 Å². The minimum Gasteiger partial charge on any atom is -0.478 e. The Hall–Kier alpha value is -3.68. The number of carboxylic acids is 1. The van der Waals surface area contributed by atoms with E-state index in [1.807, 2.05) is 53.5 Å². The maximum Gasteiger partial charge on any atom is 0.338 e. The normalized spacial score (nSPS) is 20.1. The number of aliphatic imine (C=N–C) groups is 1. The van der Waals surface area contributed by atoms with Crippen molar-refractivity contribution in [1.29, 1.82) is 0 Å². The monoisotopic (exact) mass is 459 g/mol. The van der Waals surface area contributed by atoms with Crippen LogP contribution in [0.25, 0.3) is 0 Å². The first-order valence-corrected chi connectivity index (χ1v) is 11.8. The summed E-state index contributed by atoms with van der Waals surface area (Å²) >= 11 is 0. The van der Waals surface area contributed by atoms with Crippen molar-refractivity contribution < 1.29 is 14.7 Å². The van der Waals surface area contributed by atoms with Crippen molar-refractivity contribution in [2.45, 2.75) is 37.8 Å². The molecule has 5 rings (SSSR count). The number of carbonyl (C=O) groups excluding carboxylic acids is 1. The van der Waals surface area contributed by atoms with E-state index in [1.54, 1.807) is 6.20 Å². The smallest absolute Gasteiger partial charge is 0.338 e. The number of anilines is 1. The summed E-state index contributed by atoms with van der Waals surface area (Å²) in [5.41, 5.74) is 4.37. The molecule has 2 aromatic rings. The van der Waals surface area contributed by atoms with Crippen molar-refractivity contribution in [3.63, 3.8) is 0 Å². The zero-order chi connectivity index (χ0) is 23.7. The molecule has 0 saturated carbocycles. The highest BCUT2D eigenvalue weighted by Crippen LogP contribution is 2.37. The SMILES string of the molecule is CN(C(=O)c1ccc2c(c1)C(N1C=C(C(=O)O)C=NC1)CC2)C1CCN(c2ccncc2)CC1. The minimum absolute atomic E-state index is 0.0310. The van der Waals surface area contributed by atoms with Crippen molar-refractivity contribution in [3.8, 4) is 0 Å². The molecule has 0 spiro atoms. The van der Waals surface area contributed by atoms with E-state index in [-0.39, 0.29) is 23.6 Å². The molecule has 0 radical (unpaired) electrons. The van der Waals surface area contributed by atoms with E-state index in [2.05, 4.69) is 20.9 Å². The summed E-state index contributed by atoms with van der Waals surface area (Å²) in [7, 11) is 1.90. The molecule has 0 bridgehead atoms. The first kappa shape index (κ1) is 22.1. The van der Waals surface area contributed by atoms with Gasteiger partial charge in [0.25, 0.3) is 5.91 Å². The van der Waals surface area contributed by atoms with Crippen molar-refractivity contribution in [3.05, 3.63) is 71.2 Å². The second kappa shape index (κ2) is 9.29. The van der Waals surface area contributed by atoms with Crippen LogP contribution in [0.15, 0.2) is 59.5 Å². The lowest BCUT2D eigenvalue weighted by molar-refractivity contribution is -0.132. The number of carboxylic acid groups (broad SMARTS) is 1.